The molecule has 0 spiro atoms. The van der Waals surface area contributed by atoms with Crippen molar-refractivity contribution < 1.29 is 74.4 Å². The highest BCUT2D eigenvalue weighted by Gasteiger charge is 2.53. The monoisotopic (exact) mass is 538 g/mol. The summed E-state index contributed by atoms with van der Waals surface area (Å²) in [4.78, 5) is 11.6. The Kier molecular flexibility index (Phi) is 8.74. The summed E-state index contributed by atoms with van der Waals surface area (Å²) in [5.41, 5.74) is -0.0281. The average molecular weight is 538 g/mol. The van der Waals surface area contributed by atoms with Gasteiger partial charge in [-0.05, 0) is 12.3 Å². The lowest BCUT2D eigenvalue weighted by Crippen LogP contribution is -2.62. The summed E-state index contributed by atoms with van der Waals surface area (Å²) in [7, 11) is 0. The summed E-state index contributed by atoms with van der Waals surface area (Å²) in [6, 6.07) is 0. The molecule has 9 N–H and O–H groups in total. The third kappa shape index (κ3) is 5.36. The van der Waals surface area contributed by atoms with Crippen molar-refractivity contribution in [2.24, 2.45) is 17.8 Å². The number of rotatable bonds is 7. The van der Waals surface area contributed by atoms with Crippen molar-refractivity contribution in [3.05, 3.63) is 11.8 Å². The molecule has 4 aliphatic rings. The normalized spacial score (nSPS) is 50.2. The molecule has 2 saturated heterocycles. The molecular formula is C22H34O15. The van der Waals surface area contributed by atoms with Crippen molar-refractivity contribution in [1.29, 1.82) is 0 Å². The first-order valence-corrected chi connectivity index (χ1v) is 12.0. The molecule has 3 aliphatic heterocycles. The van der Waals surface area contributed by atoms with Gasteiger partial charge in [0.25, 0.3) is 0 Å². The van der Waals surface area contributed by atoms with E-state index in [1.54, 1.807) is 6.92 Å². The first-order valence-electron chi connectivity index (χ1n) is 12.0. The van der Waals surface area contributed by atoms with Gasteiger partial charge in [-0.1, -0.05) is 6.92 Å². The zero-order valence-electron chi connectivity index (χ0n) is 19.8. The van der Waals surface area contributed by atoms with E-state index in [4.69, 9.17) is 23.7 Å². The number of hydrogen-bond donors (Lipinski definition) is 9. The maximum atomic E-state index is 11.6. The van der Waals surface area contributed by atoms with Gasteiger partial charge >= 0.3 is 5.97 Å². The van der Waals surface area contributed by atoms with E-state index >= 15 is 0 Å². The van der Waals surface area contributed by atoms with Crippen molar-refractivity contribution in [1.82, 2.24) is 0 Å². The Bertz CT molecular complexity index is 837. The number of aliphatic hydroxyl groups excluding tert-OH is 8. The Morgan fingerprint density at radius 2 is 1.49 bits per heavy atom. The average Bonchev–Trinajstić information content (AvgIpc) is 3.17. The summed E-state index contributed by atoms with van der Waals surface area (Å²) in [6.45, 7) is 0.486. The van der Waals surface area contributed by atoms with Crippen LogP contribution >= 0.6 is 0 Å². The fourth-order valence-corrected chi connectivity index (χ4v) is 5.37. The third-order valence-electron chi connectivity index (χ3n) is 7.67. The molecule has 212 valence electrons. The third-order valence-corrected chi connectivity index (χ3v) is 7.67. The Labute approximate surface area is 211 Å². The van der Waals surface area contributed by atoms with Crippen molar-refractivity contribution in [3.63, 3.8) is 0 Å². The van der Waals surface area contributed by atoms with Crippen molar-refractivity contribution in [2.75, 3.05) is 13.2 Å². The highest BCUT2D eigenvalue weighted by molar-refractivity contribution is 5.87. The Hall–Kier alpha value is -1.47. The fourth-order valence-electron chi connectivity index (χ4n) is 5.37. The van der Waals surface area contributed by atoms with Crippen LogP contribution in [0.1, 0.15) is 13.3 Å². The van der Waals surface area contributed by atoms with Gasteiger partial charge in [0.15, 0.2) is 12.6 Å². The highest BCUT2D eigenvalue weighted by atomic mass is 16.8. The second-order valence-electron chi connectivity index (χ2n) is 9.91. The van der Waals surface area contributed by atoms with Gasteiger partial charge in [-0.2, -0.15) is 0 Å². The lowest BCUT2D eigenvalue weighted by molar-refractivity contribution is -0.354. The molecule has 3 heterocycles. The van der Waals surface area contributed by atoms with Crippen LogP contribution in [0.5, 0.6) is 0 Å². The minimum absolute atomic E-state index is 0.0281. The van der Waals surface area contributed by atoms with Gasteiger partial charge in [-0.3, -0.25) is 0 Å². The summed E-state index contributed by atoms with van der Waals surface area (Å²) < 4.78 is 27.5. The van der Waals surface area contributed by atoms with Gasteiger partial charge in [-0.25, -0.2) is 4.79 Å². The van der Waals surface area contributed by atoms with Crippen LogP contribution in [0.3, 0.4) is 0 Å². The SMILES string of the molecule is C[C@@H]1[C@H]2[C@H](O[C@@H]3O[C@H](CO[C@@H]4O[C@@H](CO)[C@H](O)[C@@H](O)[C@@H]4O)[C@@H](O)[C@H](O)[C@H]3O)OC=C(C(=O)O)[C@H]2C[C@@H]1O. The number of carbonyl (C=O) groups is 1. The van der Waals surface area contributed by atoms with Gasteiger partial charge in [0.05, 0.1) is 31.2 Å². The second kappa shape index (κ2) is 11.3. The zero-order valence-corrected chi connectivity index (χ0v) is 19.8. The van der Waals surface area contributed by atoms with Crippen LogP contribution in [0.15, 0.2) is 11.8 Å². The number of fused-ring (bicyclic) bond motifs is 1. The summed E-state index contributed by atoms with van der Waals surface area (Å²) in [5, 5.41) is 90.3. The maximum Gasteiger partial charge on any atom is 0.334 e. The van der Waals surface area contributed by atoms with E-state index in [1.807, 2.05) is 0 Å². The minimum Gasteiger partial charge on any atom is -0.478 e. The van der Waals surface area contributed by atoms with Crippen LogP contribution in [0, 0.1) is 17.8 Å². The van der Waals surface area contributed by atoms with Gasteiger partial charge in [0, 0.05) is 11.8 Å². The van der Waals surface area contributed by atoms with Crippen LogP contribution in [0.4, 0.5) is 0 Å². The first-order chi connectivity index (χ1) is 17.5. The van der Waals surface area contributed by atoms with E-state index in [2.05, 4.69) is 0 Å². The van der Waals surface area contributed by atoms with Gasteiger partial charge in [-0.15, -0.1) is 0 Å². The number of aliphatic hydroxyl groups is 8. The van der Waals surface area contributed by atoms with Crippen molar-refractivity contribution in [3.8, 4) is 0 Å². The molecule has 0 radical (unpaired) electrons. The summed E-state index contributed by atoms with van der Waals surface area (Å²) in [5.74, 6) is -2.84. The molecule has 15 heteroatoms. The van der Waals surface area contributed by atoms with E-state index in [-0.39, 0.29) is 12.0 Å². The van der Waals surface area contributed by atoms with Crippen LogP contribution in [0.25, 0.3) is 0 Å². The van der Waals surface area contributed by atoms with Crippen molar-refractivity contribution >= 4 is 5.97 Å². The van der Waals surface area contributed by atoms with Gasteiger partial charge < -0.3 is 69.6 Å². The van der Waals surface area contributed by atoms with E-state index in [0.29, 0.717) is 0 Å². The minimum atomic E-state index is -1.77. The molecule has 3 fully saturated rings. The molecule has 1 aliphatic carbocycles. The number of carboxylic acids is 1. The molecule has 1 saturated carbocycles. The molecule has 15 atom stereocenters. The standard InChI is InChI=1S/C22H34O15/c1-6-9(24)2-7-8(19(31)32)4-33-20(12(6)7)37-22-18(30)16(28)14(26)11(36-22)5-34-21-17(29)15(27)13(25)10(3-23)35-21/h4,6-7,9-18,20-30H,2-3,5H2,1H3,(H,31,32)/t6-,7+,9-,10-,11+,12+,13-,14+,15+,16-,17-,18+,20-,21+,22-/m0/s1. The van der Waals surface area contributed by atoms with Crippen LogP contribution in [-0.4, -0.2) is 139 Å². The quantitative estimate of drug-likeness (QED) is 0.148. The second-order valence-corrected chi connectivity index (χ2v) is 9.91. The molecule has 37 heavy (non-hydrogen) atoms. The largest absolute Gasteiger partial charge is 0.478 e. The molecule has 0 bridgehead atoms. The van der Waals surface area contributed by atoms with E-state index in [9.17, 15) is 50.8 Å². The van der Waals surface area contributed by atoms with E-state index in [1.165, 1.54) is 0 Å². The van der Waals surface area contributed by atoms with E-state index in [0.717, 1.165) is 6.26 Å². The topological polar surface area (TPSA) is 245 Å². The fraction of sp³-hybridized carbons (Fsp3) is 0.864. The predicted molar refractivity (Wildman–Crippen MR) is 115 cm³/mol. The molecule has 0 aromatic heterocycles. The first kappa shape index (κ1) is 28.5. The van der Waals surface area contributed by atoms with Crippen LogP contribution in [-0.2, 0) is 28.5 Å². The molecule has 0 aromatic carbocycles. The predicted octanol–water partition coefficient (Wildman–Crippen LogP) is -4.41. The van der Waals surface area contributed by atoms with Crippen LogP contribution in [0.2, 0.25) is 0 Å². The van der Waals surface area contributed by atoms with Gasteiger partial charge in [0.2, 0.25) is 6.29 Å². The lowest BCUT2D eigenvalue weighted by Gasteiger charge is -2.44. The molecule has 15 nitrogen and oxygen atoms in total. The van der Waals surface area contributed by atoms with Crippen molar-refractivity contribution in [2.45, 2.75) is 87.2 Å². The molecule has 0 amide bonds. The van der Waals surface area contributed by atoms with Crippen LogP contribution < -0.4 is 0 Å². The lowest BCUT2D eigenvalue weighted by atomic mass is 9.83. The Balaban J connectivity index is 1.44. The summed E-state index contributed by atoms with van der Waals surface area (Å²) >= 11 is 0. The number of hydrogen-bond acceptors (Lipinski definition) is 14. The summed E-state index contributed by atoms with van der Waals surface area (Å²) in [6.07, 6.45) is -16.7. The smallest absolute Gasteiger partial charge is 0.334 e. The Morgan fingerprint density at radius 3 is 2.11 bits per heavy atom. The molecule has 0 unspecified atom stereocenters. The Morgan fingerprint density at radius 1 is 0.892 bits per heavy atom. The van der Waals surface area contributed by atoms with Gasteiger partial charge in [0.1, 0.15) is 48.8 Å². The molecule has 4 rings (SSSR count). The molecule has 0 aromatic rings. The number of aliphatic carboxylic acids is 1. The maximum absolute atomic E-state index is 11.6. The van der Waals surface area contributed by atoms with E-state index < -0.39 is 111 Å². The number of ether oxygens (including phenoxy) is 5. The highest BCUT2D eigenvalue weighted by Crippen LogP contribution is 2.47. The number of carboxylic acid groups (broad SMARTS) is 1. The zero-order chi connectivity index (χ0) is 27.2. The molecular weight excluding hydrogens is 504 g/mol.